The number of nitrogens with one attached hydrogen (secondary N) is 2. The number of anilines is 2. The number of hydrogen-bond donors (Lipinski definition) is 2. The Bertz CT molecular complexity index is 938. The zero-order valence-corrected chi connectivity index (χ0v) is 17.0. The zero-order valence-electron chi connectivity index (χ0n) is 17.0. The number of rotatable bonds is 8. The van der Waals surface area contributed by atoms with E-state index in [1.165, 1.54) is 5.56 Å². The maximum absolute atomic E-state index is 12.4. The fourth-order valence-electron chi connectivity index (χ4n) is 2.93. The van der Waals surface area contributed by atoms with Gasteiger partial charge in [-0.2, -0.15) is 0 Å². The van der Waals surface area contributed by atoms with Crippen molar-refractivity contribution in [3.05, 3.63) is 77.5 Å². The molecule has 3 aromatic rings. The Kier molecular flexibility index (Phi) is 6.79. The Morgan fingerprint density at radius 3 is 2.41 bits per heavy atom. The van der Waals surface area contributed by atoms with Crippen LogP contribution in [0.4, 0.5) is 11.5 Å². The predicted octanol–water partition coefficient (Wildman–Crippen LogP) is 4.52. The molecule has 29 heavy (non-hydrogen) atoms. The average Bonchev–Trinajstić information content (AvgIpc) is 2.75. The molecule has 0 atom stereocenters. The lowest BCUT2D eigenvalue weighted by molar-refractivity contribution is 0.102. The van der Waals surface area contributed by atoms with Gasteiger partial charge in [-0.1, -0.05) is 44.2 Å². The summed E-state index contributed by atoms with van der Waals surface area (Å²) in [6.07, 6.45) is 0.792. The van der Waals surface area contributed by atoms with Crippen LogP contribution in [0.15, 0.2) is 60.7 Å². The van der Waals surface area contributed by atoms with Crippen LogP contribution < -0.4 is 15.4 Å². The molecule has 6 nitrogen and oxygen atoms in total. The van der Waals surface area contributed by atoms with Crippen molar-refractivity contribution in [3.8, 4) is 5.75 Å². The Hall–Kier alpha value is -3.41. The molecule has 1 aromatic heterocycles. The molecular formula is C23H26N4O2. The summed E-state index contributed by atoms with van der Waals surface area (Å²) < 4.78 is 5.36. The lowest BCUT2D eigenvalue weighted by Crippen LogP contribution is -2.15. The molecule has 6 heteroatoms. The van der Waals surface area contributed by atoms with Crippen LogP contribution in [0.1, 0.15) is 41.4 Å². The molecule has 0 bridgehead atoms. The number of ether oxygens (including phenoxy) is 1. The van der Waals surface area contributed by atoms with Crippen molar-refractivity contribution in [1.29, 1.82) is 0 Å². The van der Waals surface area contributed by atoms with Gasteiger partial charge in [-0.05, 0) is 53.8 Å². The number of nitrogens with zero attached hydrogens (tertiary/aromatic N) is 2. The van der Waals surface area contributed by atoms with E-state index in [4.69, 9.17) is 4.74 Å². The van der Waals surface area contributed by atoms with Crippen LogP contribution in [0.5, 0.6) is 5.75 Å². The van der Waals surface area contributed by atoms with Gasteiger partial charge in [0.1, 0.15) is 11.6 Å². The molecule has 0 unspecified atom stereocenters. The predicted molar refractivity (Wildman–Crippen MR) is 116 cm³/mol. The van der Waals surface area contributed by atoms with E-state index in [0.29, 0.717) is 18.3 Å². The smallest absolute Gasteiger partial charge is 0.276 e. The number of methoxy groups -OCH3 is 1. The summed E-state index contributed by atoms with van der Waals surface area (Å²) in [5, 5.41) is 14.2. The molecule has 1 heterocycles. The number of aromatic nitrogens is 2. The molecule has 3 rings (SSSR count). The van der Waals surface area contributed by atoms with E-state index in [1.807, 2.05) is 48.5 Å². The summed E-state index contributed by atoms with van der Waals surface area (Å²) in [7, 11) is 1.67. The fourth-order valence-corrected chi connectivity index (χ4v) is 2.93. The van der Waals surface area contributed by atoms with E-state index in [0.717, 1.165) is 23.4 Å². The van der Waals surface area contributed by atoms with Crippen LogP contribution in [-0.4, -0.2) is 29.8 Å². The Morgan fingerprint density at radius 1 is 1.00 bits per heavy atom. The lowest BCUT2D eigenvalue weighted by Gasteiger charge is -2.10. The quantitative estimate of drug-likeness (QED) is 0.592. The molecule has 0 spiro atoms. The van der Waals surface area contributed by atoms with Gasteiger partial charge in [-0.3, -0.25) is 4.79 Å². The van der Waals surface area contributed by atoms with Gasteiger partial charge in [0.15, 0.2) is 5.69 Å². The molecule has 0 saturated carbocycles. The summed E-state index contributed by atoms with van der Waals surface area (Å²) in [6.45, 7) is 4.95. The molecule has 1 amide bonds. The van der Waals surface area contributed by atoms with Gasteiger partial charge >= 0.3 is 0 Å². The summed E-state index contributed by atoms with van der Waals surface area (Å²) in [4.78, 5) is 12.4. The SMILES string of the molecule is COc1ccccc1CCNc1ccc(C(=O)Nc2ccc(C(C)C)cc2)nn1. The van der Waals surface area contributed by atoms with Crippen molar-refractivity contribution < 1.29 is 9.53 Å². The minimum Gasteiger partial charge on any atom is -0.496 e. The van der Waals surface area contributed by atoms with Gasteiger partial charge in [-0.25, -0.2) is 0 Å². The van der Waals surface area contributed by atoms with Crippen molar-refractivity contribution in [2.45, 2.75) is 26.2 Å². The number of carbonyl (C=O) groups excluding carboxylic acids is 1. The number of para-hydroxylation sites is 1. The maximum atomic E-state index is 12.4. The monoisotopic (exact) mass is 390 g/mol. The number of amides is 1. The first-order valence-electron chi connectivity index (χ1n) is 9.67. The second-order valence-corrected chi connectivity index (χ2v) is 7.02. The summed E-state index contributed by atoms with van der Waals surface area (Å²) >= 11 is 0. The zero-order chi connectivity index (χ0) is 20.6. The van der Waals surface area contributed by atoms with E-state index in [2.05, 4.69) is 34.7 Å². The third-order valence-corrected chi connectivity index (χ3v) is 4.63. The van der Waals surface area contributed by atoms with Gasteiger partial charge in [0, 0.05) is 12.2 Å². The van der Waals surface area contributed by atoms with E-state index >= 15 is 0 Å². The Morgan fingerprint density at radius 2 is 1.76 bits per heavy atom. The molecule has 0 aliphatic carbocycles. The topological polar surface area (TPSA) is 76.1 Å². The molecular weight excluding hydrogens is 364 g/mol. The fraction of sp³-hybridized carbons (Fsp3) is 0.261. The molecule has 0 radical (unpaired) electrons. The normalized spacial score (nSPS) is 10.6. The Labute approximate surface area is 171 Å². The van der Waals surface area contributed by atoms with Crippen LogP contribution in [0.2, 0.25) is 0 Å². The minimum absolute atomic E-state index is 0.271. The molecule has 0 aliphatic heterocycles. The minimum atomic E-state index is -0.282. The van der Waals surface area contributed by atoms with Crippen molar-refractivity contribution in [1.82, 2.24) is 10.2 Å². The largest absolute Gasteiger partial charge is 0.496 e. The van der Waals surface area contributed by atoms with Crippen LogP contribution in [0.25, 0.3) is 0 Å². The third kappa shape index (κ3) is 5.54. The van der Waals surface area contributed by atoms with Crippen molar-refractivity contribution in [3.63, 3.8) is 0 Å². The first-order chi connectivity index (χ1) is 14.1. The molecule has 0 saturated heterocycles. The summed E-state index contributed by atoms with van der Waals surface area (Å²) in [6, 6.07) is 19.2. The van der Waals surface area contributed by atoms with Crippen molar-refractivity contribution in [2.75, 3.05) is 24.3 Å². The standard InChI is InChI=1S/C23H26N4O2/c1-16(2)17-8-10-19(11-9-17)25-23(28)20-12-13-22(27-26-20)24-15-14-18-6-4-5-7-21(18)29-3/h4-13,16H,14-15H2,1-3H3,(H,24,27)(H,25,28). The molecule has 0 fully saturated rings. The maximum Gasteiger partial charge on any atom is 0.276 e. The van der Waals surface area contributed by atoms with E-state index in [-0.39, 0.29) is 11.6 Å². The second-order valence-electron chi connectivity index (χ2n) is 7.02. The summed E-state index contributed by atoms with van der Waals surface area (Å²) in [5.74, 6) is 1.66. The second kappa shape index (κ2) is 9.68. The molecule has 150 valence electrons. The lowest BCUT2D eigenvalue weighted by atomic mass is 10.0. The highest BCUT2D eigenvalue weighted by atomic mass is 16.5. The highest BCUT2D eigenvalue weighted by Crippen LogP contribution is 2.19. The molecule has 2 aromatic carbocycles. The number of hydrogen-bond acceptors (Lipinski definition) is 5. The van der Waals surface area contributed by atoms with Gasteiger partial charge in [0.25, 0.3) is 5.91 Å². The van der Waals surface area contributed by atoms with Crippen LogP contribution in [-0.2, 0) is 6.42 Å². The van der Waals surface area contributed by atoms with Gasteiger partial charge < -0.3 is 15.4 Å². The van der Waals surface area contributed by atoms with Crippen LogP contribution in [0.3, 0.4) is 0 Å². The average molecular weight is 390 g/mol. The number of benzene rings is 2. The van der Waals surface area contributed by atoms with Gasteiger partial charge in [-0.15, -0.1) is 10.2 Å². The first kappa shape index (κ1) is 20.3. The van der Waals surface area contributed by atoms with Crippen molar-refractivity contribution >= 4 is 17.4 Å². The highest BCUT2D eigenvalue weighted by Gasteiger charge is 2.09. The highest BCUT2D eigenvalue weighted by molar-refractivity contribution is 6.02. The third-order valence-electron chi connectivity index (χ3n) is 4.63. The first-order valence-corrected chi connectivity index (χ1v) is 9.67. The van der Waals surface area contributed by atoms with E-state index in [9.17, 15) is 4.79 Å². The van der Waals surface area contributed by atoms with Gasteiger partial charge in [0.2, 0.25) is 0 Å². The number of carbonyl (C=O) groups is 1. The Balaban J connectivity index is 1.53. The van der Waals surface area contributed by atoms with Crippen LogP contribution in [0, 0.1) is 0 Å². The van der Waals surface area contributed by atoms with Gasteiger partial charge in [0.05, 0.1) is 7.11 Å². The van der Waals surface area contributed by atoms with E-state index < -0.39 is 0 Å². The molecule has 0 aliphatic rings. The molecule has 2 N–H and O–H groups in total. The van der Waals surface area contributed by atoms with Crippen molar-refractivity contribution in [2.24, 2.45) is 0 Å². The summed E-state index contributed by atoms with van der Waals surface area (Å²) in [5.41, 5.74) is 3.36. The van der Waals surface area contributed by atoms with E-state index in [1.54, 1.807) is 19.2 Å². The van der Waals surface area contributed by atoms with Crippen LogP contribution >= 0.6 is 0 Å².